The quantitative estimate of drug-likeness (QED) is 0.926. The zero-order valence-corrected chi connectivity index (χ0v) is 14.3. The molecule has 24 heavy (non-hydrogen) atoms. The summed E-state index contributed by atoms with van der Waals surface area (Å²) in [6.07, 6.45) is 4.07. The summed E-state index contributed by atoms with van der Waals surface area (Å²) in [6.45, 7) is 3.55. The van der Waals surface area contributed by atoms with Crippen molar-refractivity contribution in [1.29, 1.82) is 0 Å². The maximum atomic E-state index is 11.6. The van der Waals surface area contributed by atoms with E-state index in [1.54, 1.807) is 0 Å². The number of nitrogens with zero attached hydrogens (tertiary/aromatic N) is 3. The molecule has 0 fully saturated rings. The fourth-order valence-corrected chi connectivity index (χ4v) is 3.00. The summed E-state index contributed by atoms with van der Waals surface area (Å²) in [6, 6.07) is 10.1. The van der Waals surface area contributed by atoms with Crippen LogP contribution >= 0.6 is 11.6 Å². The molecule has 0 saturated heterocycles. The van der Waals surface area contributed by atoms with E-state index in [1.165, 1.54) is 22.8 Å². The number of aromatic nitrogens is 2. The van der Waals surface area contributed by atoms with Crippen LogP contribution in [-0.2, 0) is 6.42 Å². The lowest BCUT2D eigenvalue weighted by molar-refractivity contribution is 0.1000. The Morgan fingerprint density at radius 2 is 2.04 bits per heavy atom. The summed E-state index contributed by atoms with van der Waals surface area (Å²) in [5, 5.41) is 8.06. The smallest absolute Gasteiger partial charge is 0.252 e. The van der Waals surface area contributed by atoms with Crippen molar-refractivity contribution in [3.8, 4) is 0 Å². The molecule has 0 bridgehead atoms. The lowest BCUT2D eigenvalue weighted by Crippen LogP contribution is -2.31. The molecule has 5 nitrogen and oxygen atoms in total. The Balaban J connectivity index is 1.81. The number of aryl methyl sites for hydroxylation is 1. The molecule has 1 amide bonds. The van der Waals surface area contributed by atoms with Crippen LogP contribution in [0.3, 0.4) is 0 Å². The molecule has 3 rings (SSSR count). The maximum Gasteiger partial charge on any atom is 0.252 e. The molecule has 2 aromatic rings. The first kappa shape index (κ1) is 16.5. The predicted molar refractivity (Wildman–Crippen MR) is 96.2 cm³/mol. The fraction of sp³-hybridized carbons (Fsp3) is 0.278. The van der Waals surface area contributed by atoms with Gasteiger partial charge in [-0.25, -0.2) is 0 Å². The van der Waals surface area contributed by atoms with Gasteiger partial charge in [0.25, 0.3) is 5.91 Å². The molecule has 0 radical (unpaired) electrons. The van der Waals surface area contributed by atoms with Gasteiger partial charge in [-0.1, -0.05) is 48.9 Å². The number of halogens is 1. The minimum Gasteiger partial charge on any atom is -0.365 e. The molecule has 0 saturated carbocycles. The Labute approximate surface area is 146 Å². The third kappa shape index (κ3) is 3.41. The average molecular weight is 343 g/mol. The van der Waals surface area contributed by atoms with Crippen LogP contribution in [0.4, 0.5) is 5.82 Å². The predicted octanol–water partition coefficient (Wildman–Crippen LogP) is 3.09. The topological polar surface area (TPSA) is 72.1 Å². The summed E-state index contributed by atoms with van der Waals surface area (Å²) in [5.41, 5.74) is 9.61. The molecule has 0 atom stereocenters. The molecule has 0 spiro atoms. The zero-order valence-electron chi connectivity index (χ0n) is 13.5. The molecular formula is C18H19ClN4O. The Bertz CT molecular complexity index is 786. The summed E-state index contributed by atoms with van der Waals surface area (Å²) in [5.74, 6) is -0.0599. The zero-order chi connectivity index (χ0) is 17.1. The molecule has 1 aromatic carbocycles. The second kappa shape index (κ2) is 7.01. The van der Waals surface area contributed by atoms with Crippen molar-refractivity contribution in [2.75, 3.05) is 18.0 Å². The third-order valence-corrected chi connectivity index (χ3v) is 4.44. The van der Waals surface area contributed by atoms with Gasteiger partial charge >= 0.3 is 0 Å². The minimum atomic E-state index is -0.549. The van der Waals surface area contributed by atoms with Gasteiger partial charge in [-0.15, -0.1) is 10.2 Å². The highest BCUT2D eigenvalue weighted by Gasteiger charge is 2.20. The van der Waals surface area contributed by atoms with E-state index in [-0.39, 0.29) is 5.15 Å². The highest BCUT2D eigenvalue weighted by molar-refractivity contribution is 6.29. The van der Waals surface area contributed by atoms with Gasteiger partial charge < -0.3 is 10.6 Å². The van der Waals surface area contributed by atoms with E-state index in [0.717, 1.165) is 19.4 Å². The van der Waals surface area contributed by atoms with E-state index >= 15 is 0 Å². The van der Waals surface area contributed by atoms with E-state index in [2.05, 4.69) is 47.5 Å². The maximum absolute atomic E-state index is 11.6. The standard InChI is InChI=1S/C18H19ClN4O/c1-2-12-3-5-13(6-4-12)14-7-9-23(10-8-14)18-15(17(20)24)11-16(19)21-22-18/h3-7,11H,2,8-10H2,1H3,(H2,20,24). The van der Waals surface area contributed by atoms with Gasteiger partial charge in [-0.05, 0) is 35.6 Å². The third-order valence-electron chi connectivity index (χ3n) is 4.25. The molecule has 1 aliphatic rings. The van der Waals surface area contributed by atoms with E-state index in [1.807, 2.05) is 4.90 Å². The van der Waals surface area contributed by atoms with E-state index in [9.17, 15) is 4.79 Å². The molecule has 124 valence electrons. The van der Waals surface area contributed by atoms with Crippen molar-refractivity contribution in [2.24, 2.45) is 5.73 Å². The van der Waals surface area contributed by atoms with Crippen molar-refractivity contribution in [3.63, 3.8) is 0 Å². The Morgan fingerprint density at radius 3 is 2.62 bits per heavy atom. The monoisotopic (exact) mass is 342 g/mol. The van der Waals surface area contributed by atoms with Crippen molar-refractivity contribution in [3.05, 3.63) is 58.3 Å². The summed E-state index contributed by atoms with van der Waals surface area (Å²) >= 11 is 5.82. The number of hydrogen-bond donors (Lipinski definition) is 1. The molecule has 1 aromatic heterocycles. The van der Waals surface area contributed by atoms with Crippen LogP contribution in [-0.4, -0.2) is 29.2 Å². The second-order valence-corrected chi connectivity index (χ2v) is 6.13. The lowest BCUT2D eigenvalue weighted by Gasteiger charge is -2.28. The molecule has 2 N–H and O–H groups in total. The Morgan fingerprint density at radius 1 is 1.29 bits per heavy atom. The number of anilines is 1. The Kier molecular flexibility index (Phi) is 4.81. The van der Waals surface area contributed by atoms with Gasteiger partial charge in [-0.2, -0.15) is 0 Å². The normalized spacial score (nSPS) is 14.4. The van der Waals surface area contributed by atoms with E-state index in [4.69, 9.17) is 17.3 Å². The number of nitrogens with two attached hydrogens (primary N) is 1. The molecular weight excluding hydrogens is 324 g/mol. The van der Waals surface area contributed by atoms with Crippen LogP contribution in [0.1, 0.15) is 34.8 Å². The summed E-state index contributed by atoms with van der Waals surface area (Å²) in [4.78, 5) is 13.6. The molecule has 6 heteroatoms. The van der Waals surface area contributed by atoms with Gasteiger partial charge in [0, 0.05) is 13.1 Å². The molecule has 0 unspecified atom stereocenters. The molecule has 2 heterocycles. The highest BCUT2D eigenvalue weighted by Crippen LogP contribution is 2.27. The van der Waals surface area contributed by atoms with Crippen molar-refractivity contribution >= 4 is 28.9 Å². The van der Waals surface area contributed by atoms with Gasteiger partial charge in [0.2, 0.25) is 0 Å². The highest BCUT2D eigenvalue weighted by atomic mass is 35.5. The minimum absolute atomic E-state index is 0.164. The van der Waals surface area contributed by atoms with Gasteiger partial charge in [0.05, 0.1) is 5.56 Å². The van der Waals surface area contributed by atoms with Crippen molar-refractivity contribution in [1.82, 2.24) is 10.2 Å². The van der Waals surface area contributed by atoms with Crippen LogP contribution < -0.4 is 10.6 Å². The number of amides is 1. The van der Waals surface area contributed by atoms with Crippen LogP contribution in [0.5, 0.6) is 0 Å². The molecule has 1 aliphatic heterocycles. The van der Waals surface area contributed by atoms with Crippen molar-refractivity contribution < 1.29 is 4.79 Å². The number of carbonyl (C=O) groups is 1. The van der Waals surface area contributed by atoms with E-state index in [0.29, 0.717) is 17.9 Å². The van der Waals surface area contributed by atoms with Crippen LogP contribution in [0, 0.1) is 0 Å². The lowest BCUT2D eigenvalue weighted by atomic mass is 9.98. The number of primary amides is 1. The number of benzene rings is 1. The van der Waals surface area contributed by atoms with Crippen molar-refractivity contribution in [2.45, 2.75) is 19.8 Å². The SMILES string of the molecule is CCc1ccc(C2=CCN(c3nnc(Cl)cc3C(N)=O)CC2)cc1. The first-order chi connectivity index (χ1) is 11.6. The summed E-state index contributed by atoms with van der Waals surface area (Å²) in [7, 11) is 0. The first-order valence-corrected chi connectivity index (χ1v) is 8.32. The molecule has 0 aliphatic carbocycles. The average Bonchev–Trinajstić information content (AvgIpc) is 2.62. The largest absolute Gasteiger partial charge is 0.365 e. The second-order valence-electron chi connectivity index (χ2n) is 5.74. The van der Waals surface area contributed by atoms with Gasteiger partial charge in [0.15, 0.2) is 11.0 Å². The fourth-order valence-electron chi connectivity index (χ4n) is 2.85. The number of rotatable bonds is 4. The van der Waals surface area contributed by atoms with Crippen LogP contribution in [0.25, 0.3) is 5.57 Å². The summed E-state index contributed by atoms with van der Waals surface area (Å²) < 4.78 is 0. The van der Waals surface area contributed by atoms with Crippen LogP contribution in [0.15, 0.2) is 36.4 Å². The van der Waals surface area contributed by atoms with Crippen LogP contribution in [0.2, 0.25) is 5.15 Å². The van der Waals surface area contributed by atoms with Gasteiger partial charge in [0.1, 0.15) is 0 Å². The van der Waals surface area contributed by atoms with Gasteiger partial charge in [-0.3, -0.25) is 4.79 Å². The first-order valence-electron chi connectivity index (χ1n) is 7.94. The Hall–Kier alpha value is -2.40. The number of carbonyl (C=O) groups excluding carboxylic acids is 1. The number of hydrogen-bond acceptors (Lipinski definition) is 4. The van der Waals surface area contributed by atoms with E-state index < -0.39 is 5.91 Å².